The van der Waals surface area contributed by atoms with Crippen LogP contribution in [0.15, 0.2) is 16.8 Å². The lowest BCUT2D eigenvalue weighted by Crippen LogP contribution is -2.35. The molecule has 0 N–H and O–H groups in total. The van der Waals surface area contributed by atoms with Crippen molar-refractivity contribution >= 4 is 11.7 Å². The average Bonchev–Trinajstić information content (AvgIpc) is 3.39. The van der Waals surface area contributed by atoms with Crippen LogP contribution in [0.5, 0.6) is 0 Å². The number of nitrogens with zero attached hydrogens (tertiary/aromatic N) is 5. The maximum Gasteiger partial charge on any atom is 0.292 e. The van der Waals surface area contributed by atoms with Crippen LogP contribution in [0.1, 0.15) is 52.8 Å². The van der Waals surface area contributed by atoms with Crippen LogP contribution in [-0.4, -0.2) is 52.1 Å². The van der Waals surface area contributed by atoms with Crippen LogP contribution in [-0.2, 0) is 0 Å². The highest BCUT2D eigenvalue weighted by molar-refractivity contribution is 5.91. The number of amides is 1. The molecule has 0 aromatic carbocycles. The van der Waals surface area contributed by atoms with E-state index in [1.54, 1.807) is 6.20 Å². The van der Waals surface area contributed by atoms with E-state index in [1.165, 1.54) is 0 Å². The predicted octanol–water partition coefficient (Wildman–Crippen LogP) is 2.31. The van der Waals surface area contributed by atoms with Crippen molar-refractivity contribution < 1.29 is 9.32 Å². The first-order valence-corrected chi connectivity index (χ1v) is 8.93. The molecule has 0 radical (unpaired) electrons. The fourth-order valence-corrected chi connectivity index (χ4v) is 3.27. The zero-order valence-electron chi connectivity index (χ0n) is 14.7. The van der Waals surface area contributed by atoms with E-state index in [-0.39, 0.29) is 5.91 Å². The molecule has 1 aliphatic carbocycles. The summed E-state index contributed by atoms with van der Waals surface area (Å²) < 4.78 is 5.29. The molecule has 4 rings (SSSR count). The molecule has 0 bridgehead atoms. The summed E-state index contributed by atoms with van der Waals surface area (Å²) in [6.07, 6.45) is 4.98. The van der Waals surface area contributed by atoms with Gasteiger partial charge in [-0.2, -0.15) is 0 Å². The fourth-order valence-electron chi connectivity index (χ4n) is 3.27. The van der Waals surface area contributed by atoms with Gasteiger partial charge in [-0.15, -0.1) is 0 Å². The zero-order valence-corrected chi connectivity index (χ0v) is 14.7. The Morgan fingerprint density at radius 1 is 1.20 bits per heavy atom. The number of hydrogen-bond acceptors (Lipinski definition) is 6. The molecule has 0 spiro atoms. The Bertz CT molecular complexity index is 784. The summed E-state index contributed by atoms with van der Waals surface area (Å²) in [5.74, 6) is 1.72. The lowest BCUT2D eigenvalue weighted by molar-refractivity contribution is 0.0725. The minimum absolute atomic E-state index is 0.0618. The lowest BCUT2D eigenvalue weighted by Gasteiger charge is -2.23. The Morgan fingerprint density at radius 2 is 2.04 bits per heavy atom. The summed E-state index contributed by atoms with van der Waals surface area (Å²) in [4.78, 5) is 25.8. The second-order valence-electron chi connectivity index (χ2n) is 6.94. The van der Waals surface area contributed by atoms with Crippen molar-refractivity contribution in [3.05, 3.63) is 35.1 Å². The van der Waals surface area contributed by atoms with E-state index in [0.717, 1.165) is 55.3 Å². The number of aryl methyl sites for hydroxylation is 2. The highest BCUT2D eigenvalue weighted by Gasteiger charge is 2.30. The van der Waals surface area contributed by atoms with Crippen molar-refractivity contribution in [1.29, 1.82) is 0 Å². The van der Waals surface area contributed by atoms with Gasteiger partial charge in [-0.05, 0) is 33.1 Å². The van der Waals surface area contributed by atoms with E-state index >= 15 is 0 Å². The molecule has 25 heavy (non-hydrogen) atoms. The van der Waals surface area contributed by atoms with Crippen molar-refractivity contribution in [2.45, 2.75) is 39.0 Å². The molecule has 0 unspecified atom stereocenters. The van der Waals surface area contributed by atoms with Gasteiger partial charge in [-0.25, -0.2) is 4.98 Å². The third-order valence-corrected chi connectivity index (χ3v) is 4.87. The molecule has 0 atom stereocenters. The van der Waals surface area contributed by atoms with E-state index in [4.69, 9.17) is 4.52 Å². The van der Waals surface area contributed by atoms with Gasteiger partial charge in [0.05, 0.1) is 17.1 Å². The molecular formula is C18H23N5O2. The summed E-state index contributed by atoms with van der Waals surface area (Å²) >= 11 is 0. The molecule has 1 saturated carbocycles. The van der Waals surface area contributed by atoms with E-state index < -0.39 is 0 Å². The van der Waals surface area contributed by atoms with Gasteiger partial charge < -0.3 is 14.3 Å². The van der Waals surface area contributed by atoms with Gasteiger partial charge in [-0.1, -0.05) is 5.16 Å². The lowest BCUT2D eigenvalue weighted by atomic mass is 10.2. The number of anilines is 1. The largest absolute Gasteiger partial charge is 0.353 e. The number of hydrogen-bond donors (Lipinski definition) is 0. The van der Waals surface area contributed by atoms with Gasteiger partial charge in [0, 0.05) is 44.4 Å². The van der Waals surface area contributed by atoms with E-state index in [1.807, 2.05) is 24.8 Å². The van der Waals surface area contributed by atoms with Gasteiger partial charge in [-0.3, -0.25) is 9.78 Å². The molecule has 132 valence electrons. The molecule has 7 nitrogen and oxygen atoms in total. The molecule has 2 fully saturated rings. The summed E-state index contributed by atoms with van der Waals surface area (Å²) in [6, 6.07) is 1.82. The van der Waals surface area contributed by atoms with E-state index in [9.17, 15) is 4.79 Å². The molecule has 1 saturated heterocycles. The normalized spacial score (nSPS) is 18.3. The zero-order chi connectivity index (χ0) is 17.4. The van der Waals surface area contributed by atoms with Crippen molar-refractivity contribution in [3.63, 3.8) is 0 Å². The standard InChI is InChI=1S/C18H23N5O2/c1-12-11-19-13(2)17(20-12)22-6-3-7-23(9-8-22)18(24)16-10-15(21-25-16)14-4-5-14/h10-11,14H,3-9H2,1-2H3. The topological polar surface area (TPSA) is 75.4 Å². The van der Waals surface area contributed by atoms with Crippen LogP contribution in [0.25, 0.3) is 0 Å². The second kappa shape index (κ2) is 6.46. The monoisotopic (exact) mass is 341 g/mol. The van der Waals surface area contributed by atoms with Gasteiger partial charge in [0.15, 0.2) is 0 Å². The number of aromatic nitrogens is 3. The Labute approximate surface area is 147 Å². The SMILES string of the molecule is Cc1cnc(C)c(N2CCCN(C(=O)c3cc(C4CC4)no3)CC2)n1. The van der Waals surface area contributed by atoms with Crippen LogP contribution in [0.2, 0.25) is 0 Å². The number of rotatable bonds is 3. The highest BCUT2D eigenvalue weighted by Crippen LogP contribution is 2.39. The maximum atomic E-state index is 12.7. The molecule has 7 heteroatoms. The first-order valence-electron chi connectivity index (χ1n) is 8.93. The van der Waals surface area contributed by atoms with Crippen LogP contribution in [0.4, 0.5) is 5.82 Å². The van der Waals surface area contributed by atoms with Crippen LogP contribution >= 0.6 is 0 Å². The Hall–Kier alpha value is -2.44. The molecule has 3 heterocycles. The van der Waals surface area contributed by atoms with Crippen molar-refractivity contribution in [3.8, 4) is 0 Å². The summed E-state index contributed by atoms with van der Waals surface area (Å²) in [5, 5.41) is 4.05. The summed E-state index contributed by atoms with van der Waals surface area (Å²) in [5.41, 5.74) is 2.76. The smallest absolute Gasteiger partial charge is 0.292 e. The van der Waals surface area contributed by atoms with Gasteiger partial charge in [0.25, 0.3) is 5.91 Å². The number of carbonyl (C=O) groups excluding carboxylic acids is 1. The Morgan fingerprint density at radius 3 is 2.84 bits per heavy atom. The van der Waals surface area contributed by atoms with E-state index in [0.29, 0.717) is 24.8 Å². The number of carbonyl (C=O) groups is 1. The molecule has 1 amide bonds. The third-order valence-electron chi connectivity index (χ3n) is 4.87. The Kier molecular flexibility index (Phi) is 4.15. The molecule has 2 aromatic heterocycles. The first-order chi connectivity index (χ1) is 12.1. The van der Waals surface area contributed by atoms with Crippen LogP contribution < -0.4 is 4.90 Å². The predicted molar refractivity (Wildman–Crippen MR) is 92.7 cm³/mol. The van der Waals surface area contributed by atoms with Crippen LogP contribution in [0.3, 0.4) is 0 Å². The van der Waals surface area contributed by atoms with Gasteiger partial charge in [0.2, 0.25) is 5.76 Å². The average molecular weight is 341 g/mol. The first kappa shape index (κ1) is 16.1. The summed E-state index contributed by atoms with van der Waals surface area (Å²) in [7, 11) is 0. The third kappa shape index (κ3) is 3.36. The minimum atomic E-state index is -0.0618. The fraction of sp³-hybridized carbons (Fsp3) is 0.556. The van der Waals surface area contributed by atoms with Gasteiger partial charge in [0.1, 0.15) is 5.82 Å². The molecule has 1 aliphatic heterocycles. The summed E-state index contributed by atoms with van der Waals surface area (Å²) in [6.45, 7) is 6.90. The van der Waals surface area contributed by atoms with Crippen LogP contribution in [0, 0.1) is 13.8 Å². The van der Waals surface area contributed by atoms with Gasteiger partial charge >= 0.3 is 0 Å². The quantitative estimate of drug-likeness (QED) is 0.853. The van der Waals surface area contributed by atoms with E-state index in [2.05, 4.69) is 20.0 Å². The van der Waals surface area contributed by atoms with Crippen molar-refractivity contribution in [1.82, 2.24) is 20.0 Å². The highest BCUT2D eigenvalue weighted by atomic mass is 16.5. The second-order valence-corrected chi connectivity index (χ2v) is 6.94. The van der Waals surface area contributed by atoms with Crippen molar-refractivity contribution in [2.75, 3.05) is 31.1 Å². The molecule has 2 aromatic rings. The molecular weight excluding hydrogens is 318 g/mol. The van der Waals surface area contributed by atoms with Crippen molar-refractivity contribution in [2.24, 2.45) is 0 Å². The molecule has 2 aliphatic rings. The minimum Gasteiger partial charge on any atom is -0.353 e. The maximum absolute atomic E-state index is 12.7. The Balaban J connectivity index is 1.45.